The topological polar surface area (TPSA) is 29.9 Å². The molecule has 0 amide bonds. The van der Waals surface area contributed by atoms with Crippen molar-refractivity contribution in [3.8, 4) is 0 Å². The van der Waals surface area contributed by atoms with E-state index in [1.807, 2.05) is 18.5 Å². The zero-order valence-corrected chi connectivity index (χ0v) is 13.9. The van der Waals surface area contributed by atoms with Gasteiger partial charge in [-0.15, -0.1) is 0 Å². The lowest BCUT2D eigenvalue weighted by molar-refractivity contribution is 0.657. The van der Waals surface area contributed by atoms with Crippen LogP contribution in [0.1, 0.15) is 35.9 Å². The molecule has 0 aliphatic carbocycles. The summed E-state index contributed by atoms with van der Waals surface area (Å²) in [5.74, 6) is 0. The highest BCUT2D eigenvalue weighted by Crippen LogP contribution is 2.20. The van der Waals surface area contributed by atoms with Crippen LogP contribution in [0.2, 0.25) is 5.02 Å². The molecule has 0 saturated heterocycles. The van der Waals surface area contributed by atoms with Gasteiger partial charge in [-0.05, 0) is 50.9 Å². The Morgan fingerprint density at radius 3 is 2.33 bits per heavy atom. The van der Waals surface area contributed by atoms with E-state index in [2.05, 4.69) is 41.6 Å². The second-order valence-corrected chi connectivity index (χ2v) is 5.84. The molecule has 0 atom stereocenters. The van der Waals surface area contributed by atoms with Gasteiger partial charge in [-0.3, -0.25) is 4.68 Å². The molecule has 1 aromatic heterocycles. The third-order valence-electron chi connectivity index (χ3n) is 3.67. The van der Waals surface area contributed by atoms with Crippen molar-refractivity contribution in [2.45, 2.75) is 40.2 Å². The first kappa shape index (κ1) is 16.1. The van der Waals surface area contributed by atoms with Crippen LogP contribution in [0.15, 0.2) is 24.3 Å². The van der Waals surface area contributed by atoms with Crippen molar-refractivity contribution in [1.29, 1.82) is 0 Å². The molecule has 0 radical (unpaired) electrons. The number of hydrogen-bond donors (Lipinski definition) is 1. The van der Waals surface area contributed by atoms with Crippen molar-refractivity contribution in [2.24, 2.45) is 0 Å². The molecule has 0 aliphatic heterocycles. The van der Waals surface area contributed by atoms with E-state index in [0.29, 0.717) is 0 Å². The van der Waals surface area contributed by atoms with E-state index in [4.69, 9.17) is 11.6 Å². The summed E-state index contributed by atoms with van der Waals surface area (Å²) in [7, 11) is 0. The van der Waals surface area contributed by atoms with Crippen LogP contribution in [-0.2, 0) is 13.0 Å². The molecule has 4 heteroatoms. The van der Waals surface area contributed by atoms with Crippen LogP contribution in [0.3, 0.4) is 0 Å². The van der Waals surface area contributed by atoms with Crippen molar-refractivity contribution in [3.63, 3.8) is 0 Å². The van der Waals surface area contributed by atoms with Crippen LogP contribution in [0, 0.1) is 13.8 Å². The van der Waals surface area contributed by atoms with Crippen LogP contribution in [0.5, 0.6) is 0 Å². The summed E-state index contributed by atoms with van der Waals surface area (Å²) < 4.78 is 1.97. The minimum Gasteiger partial charge on any atom is -0.316 e. The van der Waals surface area contributed by atoms with Gasteiger partial charge in [-0.25, -0.2) is 0 Å². The van der Waals surface area contributed by atoms with Crippen molar-refractivity contribution in [1.82, 2.24) is 15.1 Å². The van der Waals surface area contributed by atoms with Gasteiger partial charge >= 0.3 is 0 Å². The molecule has 0 spiro atoms. The van der Waals surface area contributed by atoms with E-state index in [0.717, 1.165) is 42.5 Å². The summed E-state index contributed by atoms with van der Waals surface area (Å²) >= 11 is 6.18. The molecule has 0 unspecified atom stereocenters. The maximum atomic E-state index is 6.18. The Morgan fingerprint density at radius 2 is 1.76 bits per heavy atom. The summed E-state index contributed by atoms with van der Waals surface area (Å²) in [5, 5.41) is 8.67. The van der Waals surface area contributed by atoms with Crippen LogP contribution in [-0.4, -0.2) is 22.9 Å². The quantitative estimate of drug-likeness (QED) is 0.790. The molecule has 1 N–H and O–H groups in total. The van der Waals surface area contributed by atoms with Gasteiger partial charge in [0, 0.05) is 0 Å². The molecule has 0 bridgehead atoms. The molecule has 0 saturated carbocycles. The summed E-state index contributed by atoms with van der Waals surface area (Å²) in [5.41, 5.74) is 4.55. The predicted molar refractivity (Wildman–Crippen MR) is 89.1 cm³/mol. The maximum absolute atomic E-state index is 6.18. The fourth-order valence-corrected chi connectivity index (χ4v) is 2.48. The van der Waals surface area contributed by atoms with E-state index < -0.39 is 0 Å². The van der Waals surface area contributed by atoms with Crippen molar-refractivity contribution in [2.75, 3.05) is 13.1 Å². The van der Waals surface area contributed by atoms with E-state index in [-0.39, 0.29) is 0 Å². The summed E-state index contributed by atoms with van der Waals surface area (Å²) in [6.07, 6.45) is 2.26. The average molecular weight is 306 g/mol. The Bertz CT molecular complexity index is 572. The SMILES string of the molecule is CCCNCCc1ccc(Cn2nc(C)c(Cl)c2C)cc1. The molecular weight excluding hydrogens is 282 g/mol. The minimum absolute atomic E-state index is 0.772. The highest BCUT2D eigenvalue weighted by Gasteiger charge is 2.09. The smallest absolute Gasteiger partial charge is 0.0844 e. The molecule has 2 aromatic rings. The van der Waals surface area contributed by atoms with Gasteiger partial charge in [0.15, 0.2) is 0 Å². The molecule has 2 rings (SSSR count). The number of aryl methyl sites for hydroxylation is 1. The van der Waals surface area contributed by atoms with Gasteiger partial charge in [0.05, 0.1) is 23.0 Å². The molecule has 0 aliphatic rings. The Labute approximate surface area is 132 Å². The summed E-state index contributed by atoms with van der Waals surface area (Å²) in [6.45, 7) is 9.05. The number of nitrogens with one attached hydrogen (secondary N) is 1. The Morgan fingerprint density at radius 1 is 1.10 bits per heavy atom. The van der Waals surface area contributed by atoms with Crippen molar-refractivity contribution < 1.29 is 0 Å². The van der Waals surface area contributed by atoms with Gasteiger partial charge in [-0.2, -0.15) is 5.10 Å². The number of nitrogens with zero attached hydrogens (tertiary/aromatic N) is 2. The van der Waals surface area contributed by atoms with Crippen LogP contribution in [0.4, 0.5) is 0 Å². The average Bonchev–Trinajstić information content (AvgIpc) is 2.73. The van der Waals surface area contributed by atoms with Crippen molar-refractivity contribution >= 4 is 11.6 Å². The zero-order valence-electron chi connectivity index (χ0n) is 13.1. The van der Waals surface area contributed by atoms with E-state index in [9.17, 15) is 0 Å². The fraction of sp³-hybridized carbons (Fsp3) is 0.471. The number of benzene rings is 1. The third-order valence-corrected chi connectivity index (χ3v) is 4.21. The van der Waals surface area contributed by atoms with E-state index >= 15 is 0 Å². The largest absolute Gasteiger partial charge is 0.316 e. The molecule has 0 fully saturated rings. The molecule has 3 nitrogen and oxygen atoms in total. The fourth-order valence-electron chi connectivity index (χ4n) is 2.35. The molecule has 1 heterocycles. The van der Waals surface area contributed by atoms with Gasteiger partial charge in [0.2, 0.25) is 0 Å². The number of rotatable bonds is 7. The lowest BCUT2D eigenvalue weighted by atomic mass is 10.1. The van der Waals surface area contributed by atoms with E-state index in [1.165, 1.54) is 17.5 Å². The van der Waals surface area contributed by atoms with Crippen LogP contribution < -0.4 is 5.32 Å². The Kier molecular flexibility index (Phi) is 5.83. The van der Waals surface area contributed by atoms with Gasteiger partial charge in [-0.1, -0.05) is 42.8 Å². The number of aromatic nitrogens is 2. The standard InChI is InChI=1S/C17H24ClN3/c1-4-10-19-11-9-15-5-7-16(8-6-15)12-21-14(3)17(18)13(2)20-21/h5-8,19H,4,9-12H2,1-3H3. The maximum Gasteiger partial charge on any atom is 0.0844 e. The lowest BCUT2D eigenvalue weighted by Gasteiger charge is -2.07. The second-order valence-electron chi connectivity index (χ2n) is 5.46. The number of halogens is 1. The van der Waals surface area contributed by atoms with E-state index in [1.54, 1.807) is 0 Å². The molecule has 114 valence electrons. The molecule has 1 aromatic carbocycles. The molecular formula is C17H24ClN3. The predicted octanol–water partition coefficient (Wildman–Crippen LogP) is 3.74. The minimum atomic E-state index is 0.772. The Balaban J connectivity index is 1.94. The highest BCUT2D eigenvalue weighted by molar-refractivity contribution is 6.31. The van der Waals surface area contributed by atoms with Crippen molar-refractivity contribution in [3.05, 3.63) is 51.8 Å². The molecule has 21 heavy (non-hydrogen) atoms. The monoisotopic (exact) mass is 305 g/mol. The lowest BCUT2D eigenvalue weighted by Crippen LogP contribution is -2.17. The van der Waals surface area contributed by atoms with Crippen LogP contribution in [0.25, 0.3) is 0 Å². The van der Waals surface area contributed by atoms with Gasteiger partial charge < -0.3 is 5.32 Å². The Hall–Kier alpha value is -1.32. The summed E-state index contributed by atoms with van der Waals surface area (Å²) in [4.78, 5) is 0. The zero-order chi connectivity index (χ0) is 15.2. The van der Waals surface area contributed by atoms with Gasteiger partial charge in [0.1, 0.15) is 0 Å². The first-order valence-corrected chi connectivity index (χ1v) is 7.97. The highest BCUT2D eigenvalue weighted by atomic mass is 35.5. The summed E-state index contributed by atoms with van der Waals surface area (Å²) in [6, 6.07) is 8.77. The second kappa shape index (κ2) is 7.62. The first-order chi connectivity index (χ1) is 10.1. The number of hydrogen-bond acceptors (Lipinski definition) is 2. The van der Waals surface area contributed by atoms with Crippen LogP contribution >= 0.6 is 11.6 Å². The third kappa shape index (κ3) is 4.32. The van der Waals surface area contributed by atoms with Gasteiger partial charge in [0.25, 0.3) is 0 Å². The first-order valence-electron chi connectivity index (χ1n) is 7.60. The normalized spacial score (nSPS) is 11.0.